The van der Waals surface area contributed by atoms with Crippen molar-refractivity contribution in [3.63, 3.8) is 0 Å². The largest absolute Gasteiger partial charge is 0.466 e. The minimum absolute atomic E-state index is 0.284. The van der Waals surface area contributed by atoms with E-state index in [2.05, 4.69) is 53.6 Å². The van der Waals surface area contributed by atoms with Crippen LogP contribution in [0.5, 0.6) is 0 Å². The molecule has 5 nitrogen and oxygen atoms in total. The number of furan rings is 1. The SMILES string of the molecule is Cc1cc(-c2nnc(CNC3CC(C)(C)CCc4ccccc43)o2)c(C)o1. The van der Waals surface area contributed by atoms with Gasteiger partial charge >= 0.3 is 0 Å². The van der Waals surface area contributed by atoms with Crippen molar-refractivity contribution in [3.05, 3.63) is 58.9 Å². The fourth-order valence-corrected chi connectivity index (χ4v) is 4.01. The first-order valence-electron chi connectivity index (χ1n) is 9.62. The third-order valence-electron chi connectivity index (χ3n) is 5.50. The van der Waals surface area contributed by atoms with Gasteiger partial charge in [-0.15, -0.1) is 10.2 Å². The third kappa shape index (κ3) is 3.83. The molecule has 1 unspecified atom stereocenters. The molecule has 0 aliphatic heterocycles. The van der Waals surface area contributed by atoms with Gasteiger partial charge in [0.2, 0.25) is 5.89 Å². The zero-order valence-corrected chi connectivity index (χ0v) is 16.5. The average molecular weight is 365 g/mol. The third-order valence-corrected chi connectivity index (χ3v) is 5.50. The Labute approximate surface area is 160 Å². The van der Waals surface area contributed by atoms with E-state index in [-0.39, 0.29) is 6.04 Å². The summed E-state index contributed by atoms with van der Waals surface area (Å²) in [7, 11) is 0. The molecule has 4 rings (SSSR count). The summed E-state index contributed by atoms with van der Waals surface area (Å²) in [4.78, 5) is 0. The van der Waals surface area contributed by atoms with Crippen LogP contribution in [0.25, 0.3) is 11.5 Å². The molecule has 0 saturated carbocycles. The highest BCUT2D eigenvalue weighted by atomic mass is 16.4. The van der Waals surface area contributed by atoms with Crippen molar-refractivity contribution in [2.75, 3.05) is 0 Å². The minimum Gasteiger partial charge on any atom is -0.466 e. The second-order valence-corrected chi connectivity index (χ2v) is 8.33. The lowest BCUT2D eigenvalue weighted by Gasteiger charge is -2.27. The fourth-order valence-electron chi connectivity index (χ4n) is 4.01. The van der Waals surface area contributed by atoms with Gasteiger partial charge in [-0.2, -0.15) is 0 Å². The molecule has 1 aliphatic rings. The number of hydrogen-bond donors (Lipinski definition) is 1. The van der Waals surface area contributed by atoms with Gasteiger partial charge in [0.15, 0.2) is 0 Å². The highest BCUT2D eigenvalue weighted by molar-refractivity contribution is 5.55. The average Bonchev–Trinajstić information content (AvgIpc) is 3.19. The molecule has 1 aromatic carbocycles. The summed E-state index contributed by atoms with van der Waals surface area (Å²) in [6.45, 7) is 9.08. The molecule has 0 saturated heterocycles. The summed E-state index contributed by atoms with van der Waals surface area (Å²) in [5.41, 5.74) is 4.00. The Bertz CT molecular complexity index is 939. The molecule has 1 aliphatic carbocycles. The topological polar surface area (TPSA) is 64.1 Å². The highest BCUT2D eigenvalue weighted by Crippen LogP contribution is 2.39. The van der Waals surface area contributed by atoms with E-state index in [9.17, 15) is 0 Å². The number of hydrogen-bond acceptors (Lipinski definition) is 5. The molecule has 3 aromatic rings. The minimum atomic E-state index is 0.284. The van der Waals surface area contributed by atoms with Crippen molar-refractivity contribution < 1.29 is 8.83 Å². The van der Waals surface area contributed by atoms with Gasteiger partial charge in [-0.3, -0.25) is 0 Å². The number of aromatic nitrogens is 2. The van der Waals surface area contributed by atoms with Crippen molar-refractivity contribution in [1.29, 1.82) is 0 Å². The molecule has 142 valence electrons. The molecule has 1 atom stereocenters. The molecule has 0 bridgehead atoms. The van der Waals surface area contributed by atoms with Crippen LogP contribution in [0.15, 0.2) is 39.2 Å². The molecule has 0 fully saturated rings. The number of aryl methyl sites for hydroxylation is 3. The first-order valence-corrected chi connectivity index (χ1v) is 9.62. The monoisotopic (exact) mass is 365 g/mol. The smallest absolute Gasteiger partial charge is 0.251 e. The Hall–Kier alpha value is -2.40. The number of benzene rings is 1. The maximum Gasteiger partial charge on any atom is 0.251 e. The molecule has 27 heavy (non-hydrogen) atoms. The van der Waals surface area contributed by atoms with Crippen molar-refractivity contribution in [1.82, 2.24) is 15.5 Å². The van der Waals surface area contributed by atoms with Crippen LogP contribution >= 0.6 is 0 Å². The first kappa shape index (κ1) is 18.0. The van der Waals surface area contributed by atoms with Crippen molar-refractivity contribution in [3.8, 4) is 11.5 Å². The molecule has 0 amide bonds. The Morgan fingerprint density at radius 3 is 2.74 bits per heavy atom. The van der Waals surface area contributed by atoms with E-state index in [1.54, 1.807) is 0 Å². The van der Waals surface area contributed by atoms with Crippen LogP contribution in [-0.4, -0.2) is 10.2 Å². The van der Waals surface area contributed by atoms with Gasteiger partial charge in [0.05, 0.1) is 12.1 Å². The van der Waals surface area contributed by atoms with Crippen molar-refractivity contribution in [2.24, 2.45) is 5.41 Å². The maximum absolute atomic E-state index is 5.88. The van der Waals surface area contributed by atoms with Crippen molar-refractivity contribution in [2.45, 2.75) is 59.5 Å². The maximum atomic E-state index is 5.88. The fraction of sp³-hybridized carbons (Fsp3) is 0.455. The number of rotatable bonds is 4. The van der Waals surface area contributed by atoms with Gasteiger partial charge in [0.25, 0.3) is 5.89 Å². The Kier molecular flexibility index (Phi) is 4.64. The normalized spacial score (nSPS) is 18.9. The zero-order valence-electron chi connectivity index (χ0n) is 16.5. The standard InChI is InChI=1S/C22H27N3O2/c1-14-11-18(15(2)26-14)21-25-24-20(27-21)13-23-19-12-22(3,4)10-9-16-7-5-6-8-17(16)19/h5-8,11,19,23H,9-10,12-13H2,1-4H3. The summed E-state index contributed by atoms with van der Waals surface area (Å²) in [6.07, 6.45) is 3.42. The predicted molar refractivity (Wildman–Crippen MR) is 104 cm³/mol. The predicted octanol–water partition coefficient (Wildman–Crippen LogP) is 5.14. The molecule has 2 aromatic heterocycles. The molecule has 1 N–H and O–H groups in total. The quantitative estimate of drug-likeness (QED) is 0.649. The van der Waals surface area contributed by atoms with E-state index in [1.807, 2.05) is 19.9 Å². The molecule has 5 heteroatoms. The molecular weight excluding hydrogens is 338 g/mol. The summed E-state index contributed by atoms with van der Waals surface area (Å²) in [6, 6.07) is 11.0. The van der Waals surface area contributed by atoms with E-state index in [0.29, 0.717) is 23.7 Å². The number of fused-ring (bicyclic) bond motifs is 1. The van der Waals surface area contributed by atoms with Gasteiger partial charge in [-0.25, -0.2) is 0 Å². The van der Waals surface area contributed by atoms with Crippen LogP contribution in [0.2, 0.25) is 0 Å². The van der Waals surface area contributed by atoms with Gasteiger partial charge in [-0.05, 0) is 55.7 Å². The van der Waals surface area contributed by atoms with Crippen LogP contribution < -0.4 is 5.32 Å². The van der Waals surface area contributed by atoms with E-state index >= 15 is 0 Å². The van der Waals surface area contributed by atoms with Crippen LogP contribution in [0, 0.1) is 19.3 Å². The second-order valence-electron chi connectivity index (χ2n) is 8.33. The summed E-state index contributed by atoms with van der Waals surface area (Å²) < 4.78 is 11.4. The number of nitrogens with zero attached hydrogens (tertiary/aromatic N) is 2. The van der Waals surface area contributed by atoms with E-state index in [4.69, 9.17) is 8.83 Å². The molecule has 0 spiro atoms. The Morgan fingerprint density at radius 2 is 1.96 bits per heavy atom. The first-order chi connectivity index (χ1) is 12.9. The highest BCUT2D eigenvalue weighted by Gasteiger charge is 2.29. The van der Waals surface area contributed by atoms with Crippen molar-refractivity contribution >= 4 is 0 Å². The summed E-state index contributed by atoms with van der Waals surface area (Å²) >= 11 is 0. The van der Waals surface area contributed by atoms with Gasteiger partial charge in [0.1, 0.15) is 11.5 Å². The lowest BCUT2D eigenvalue weighted by molar-refractivity contribution is 0.268. The Morgan fingerprint density at radius 1 is 1.15 bits per heavy atom. The van der Waals surface area contributed by atoms with Crippen LogP contribution in [-0.2, 0) is 13.0 Å². The van der Waals surface area contributed by atoms with Crippen LogP contribution in [0.4, 0.5) is 0 Å². The van der Waals surface area contributed by atoms with Gasteiger partial charge in [-0.1, -0.05) is 38.1 Å². The number of nitrogens with one attached hydrogen (secondary N) is 1. The summed E-state index contributed by atoms with van der Waals surface area (Å²) in [5.74, 6) is 2.76. The van der Waals surface area contributed by atoms with Gasteiger partial charge < -0.3 is 14.2 Å². The lowest BCUT2D eigenvalue weighted by Crippen LogP contribution is -2.25. The van der Waals surface area contributed by atoms with E-state index in [0.717, 1.165) is 29.9 Å². The molecular formula is C22H27N3O2. The summed E-state index contributed by atoms with van der Waals surface area (Å²) in [5, 5.41) is 12.1. The van der Waals surface area contributed by atoms with E-state index in [1.165, 1.54) is 17.5 Å². The molecule has 0 radical (unpaired) electrons. The second kappa shape index (κ2) is 6.97. The van der Waals surface area contributed by atoms with Crippen LogP contribution in [0.3, 0.4) is 0 Å². The lowest BCUT2D eigenvalue weighted by atomic mass is 9.83. The zero-order chi connectivity index (χ0) is 19.0. The molecule has 2 heterocycles. The van der Waals surface area contributed by atoms with Crippen LogP contribution in [0.1, 0.15) is 61.3 Å². The Balaban J connectivity index is 1.52. The van der Waals surface area contributed by atoms with Gasteiger partial charge in [0, 0.05) is 6.04 Å². The van der Waals surface area contributed by atoms with E-state index < -0.39 is 0 Å².